The number of ether oxygens (including phenoxy) is 1. The molecule has 92 valence electrons. The molecule has 0 amide bonds. The molecule has 1 rings (SSSR count). The molecule has 0 N–H and O–H groups in total. The van der Waals surface area contributed by atoms with Crippen molar-refractivity contribution < 1.29 is 14.5 Å². The van der Waals surface area contributed by atoms with Crippen molar-refractivity contribution >= 4 is 11.7 Å². The van der Waals surface area contributed by atoms with Gasteiger partial charge in [0.1, 0.15) is 0 Å². The second-order valence-corrected chi connectivity index (χ2v) is 3.75. The first-order valence-corrected chi connectivity index (χ1v) is 5.48. The van der Waals surface area contributed by atoms with Crippen molar-refractivity contribution in [2.24, 2.45) is 0 Å². The Morgan fingerprint density at radius 2 is 2.18 bits per heavy atom. The average Bonchev–Trinajstić information content (AvgIpc) is 2.29. The van der Waals surface area contributed by atoms with E-state index < -0.39 is 10.9 Å². The SMILES string of the molecule is CCCCOC(=O)c1ccc(C)c([N+](=O)[O-])c1. The first-order valence-electron chi connectivity index (χ1n) is 5.48. The van der Waals surface area contributed by atoms with Crippen LogP contribution in [-0.4, -0.2) is 17.5 Å². The largest absolute Gasteiger partial charge is 0.462 e. The molecule has 5 heteroatoms. The van der Waals surface area contributed by atoms with Crippen LogP contribution < -0.4 is 0 Å². The van der Waals surface area contributed by atoms with E-state index in [-0.39, 0.29) is 11.3 Å². The van der Waals surface area contributed by atoms with E-state index in [1.807, 2.05) is 6.92 Å². The normalized spacial score (nSPS) is 10.0. The summed E-state index contributed by atoms with van der Waals surface area (Å²) in [6.45, 7) is 3.96. The lowest BCUT2D eigenvalue weighted by atomic mass is 10.1. The molecule has 0 heterocycles. The summed E-state index contributed by atoms with van der Waals surface area (Å²) in [5.41, 5.74) is 0.688. The fourth-order valence-electron chi connectivity index (χ4n) is 1.33. The Balaban J connectivity index is 2.81. The Labute approximate surface area is 99.5 Å². The molecule has 1 aromatic carbocycles. The van der Waals surface area contributed by atoms with Gasteiger partial charge in [0.25, 0.3) is 5.69 Å². The van der Waals surface area contributed by atoms with E-state index in [1.54, 1.807) is 13.0 Å². The van der Waals surface area contributed by atoms with E-state index in [9.17, 15) is 14.9 Å². The van der Waals surface area contributed by atoms with Gasteiger partial charge in [0.05, 0.1) is 17.1 Å². The molecule has 5 nitrogen and oxygen atoms in total. The van der Waals surface area contributed by atoms with Crippen LogP contribution in [0.5, 0.6) is 0 Å². The second kappa shape index (κ2) is 5.98. The van der Waals surface area contributed by atoms with Gasteiger partial charge in [-0.2, -0.15) is 0 Å². The lowest BCUT2D eigenvalue weighted by Gasteiger charge is -2.04. The van der Waals surface area contributed by atoms with E-state index in [2.05, 4.69) is 0 Å². The van der Waals surface area contributed by atoms with Crippen LogP contribution in [0.1, 0.15) is 35.7 Å². The number of esters is 1. The highest BCUT2D eigenvalue weighted by molar-refractivity contribution is 5.90. The number of aryl methyl sites for hydroxylation is 1. The van der Waals surface area contributed by atoms with Crippen molar-refractivity contribution in [1.29, 1.82) is 0 Å². The molecule has 0 aliphatic carbocycles. The first kappa shape index (κ1) is 13.2. The molecule has 0 aliphatic rings. The van der Waals surface area contributed by atoms with Crippen LogP contribution in [0.2, 0.25) is 0 Å². The number of hydrogen-bond acceptors (Lipinski definition) is 4. The summed E-state index contributed by atoms with van der Waals surface area (Å²) >= 11 is 0. The third kappa shape index (κ3) is 3.55. The zero-order valence-electron chi connectivity index (χ0n) is 9.93. The molecule has 0 radical (unpaired) electrons. The summed E-state index contributed by atoms with van der Waals surface area (Å²) in [6.07, 6.45) is 1.72. The third-order valence-electron chi connectivity index (χ3n) is 2.37. The van der Waals surface area contributed by atoms with Crippen molar-refractivity contribution in [3.05, 3.63) is 39.4 Å². The number of unbranched alkanes of at least 4 members (excludes halogenated alkanes) is 1. The number of nitro benzene ring substituents is 1. The number of benzene rings is 1. The number of nitrogens with zero attached hydrogens (tertiary/aromatic N) is 1. The molecule has 0 bridgehead atoms. The van der Waals surface area contributed by atoms with Crippen molar-refractivity contribution in [2.75, 3.05) is 6.61 Å². The molecule has 1 aromatic rings. The summed E-state index contributed by atoms with van der Waals surface area (Å²) in [4.78, 5) is 21.8. The van der Waals surface area contributed by atoms with Gasteiger partial charge in [0.2, 0.25) is 0 Å². The Morgan fingerprint density at radius 3 is 2.76 bits per heavy atom. The highest BCUT2D eigenvalue weighted by Crippen LogP contribution is 2.19. The van der Waals surface area contributed by atoms with Crippen LogP contribution in [0.3, 0.4) is 0 Å². The number of nitro groups is 1. The topological polar surface area (TPSA) is 69.4 Å². The molecule has 0 fully saturated rings. The molecule has 0 aromatic heterocycles. The zero-order valence-corrected chi connectivity index (χ0v) is 9.93. The fraction of sp³-hybridized carbons (Fsp3) is 0.417. The summed E-state index contributed by atoms with van der Waals surface area (Å²) < 4.78 is 4.98. The highest BCUT2D eigenvalue weighted by Gasteiger charge is 2.15. The summed E-state index contributed by atoms with van der Waals surface area (Å²) in [6, 6.07) is 4.34. The lowest BCUT2D eigenvalue weighted by molar-refractivity contribution is -0.385. The van der Waals surface area contributed by atoms with Gasteiger partial charge in [-0.05, 0) is 19.4 Å². The van der Waals surface area contributed by atoms with Gasteiger partial charge in [-0.25, -0.2) is 4.79 Å². The Kier molecular flexibility index (Phi) is 4.63. The van der Waals surface area contributed by atoms with Gasteiger partial charge < -0.3 is 4.74 Å². The molecular formula is C12H15NO4. The minimum atomic E-state index is -0.512. The minimum Gasteiger partial charge on any atom is -0.462 e. The maximum Gasteiger partial charge on any atom is 0.338 e. The van der Waals surface area contributed by atoms with Gasteiger partial charge >= 0.3 is 5.97 Å². The lowest BCUT2D eigenvalue weighted by Crippen LogP contribution is -2.07. The Bertz CT molecular complexity index is 429. The summed E-state index contributed by atoms with van der Waals surface area (Å²) in [5.74, 6) is -0.512. The molecule has 17 heavy (non-hydrogen) atoms. The smallest absolute Gasteiger partial charge is 0.338 e. The van der Waals surface area contributed by atoms with E-state index in [0.29, 0.717) is 12.2 Å². The number of carbonyl (C=O) groups is 1. The van der Waals surface area contributed by atoms with Gasteiger partial charge in [-0.1, -0.05) is 19.4 Å². The predicted molar refractivity (Wildman–Crippen MR) is 63.0 cm³/mol. The first-order chi connectivity index (χ1) is 8.06. The van der Waals surface area contributed by atoms with E-state index in [1.165, 1.54) is 12.1 Å². The molecular weight excluding hydrogens is 222 g/mol. The van der Waals surface area contributed by atoms with Crippen LogP contribution >= 0.6 is 0 Å². The van der Waals surface area contributed by atoms with Crippen LogP contribution in [0.25, 0.3) is 0 Å². The number of rotatable bonds is 5. The van der Waals surface area contributed by atoms with Crippen molar-refractivity contribution in [3.63, 3.8) is 0 Å². The van der Waals surface area contributed by atoms with E-state index in [4.69, 9.17) is 4.74 Å². The van der Waals surface area contributed by atoms with Gasteiger partial charge in [0, 0.05) is 11.6 Å². The second-order valence-electron chi connectivity index (χ2n) is 3.75. The highest BCUT2D eigenvalue weighted by atomic mass is 16.6. The van der Waals surface area contributed by atoms with E-state index in [0.717, 1.165) is 12.8 Å². The number of hydrogen-bond donors (Lipinski definition) is 0. The molecule has 0 saturated carbocycles. The minimum absolute atomic E-state index is 0.0602. The Hall–Kier alpha value is -1.91. The number of carbonyl (C=O) groups excluding carboxylic acids is 1. The summed E-state index contributed by atoms with van der Waals surface area (Å²) in [5, 5.41) is 10.7. The third-order valence-corrected chi connectivity index (χ3v) is 2.37. The molecule has 0 unspecified atom stereocenters. The zero-order chi connectivity index (χ0) is 12.8. The van der Waals surface area contributed by atoms with Gasteiger partial charge in [-0.15, -0.1) is 0 Å². The Morgan fingerprint density at radius 1 is 1.47 bits per heavy atom. The maximum absolute atomic E-state index is 11.6. The molecule has 0 spiro atoms. The van der Waals surface area contributed by atoms with Crippen molar-refractivity contribution in [3.8, 4) is 0 Å². The standard InChI is InChI=1S/C12H15NO4/c1-3-4-7-17-12(14)10-6-5-9(2)11(8-10)13(15)16/h5-6,8H,3-4,7H2,1-2H3. The van der Waals surface area contributed by atoms with Crippen molar-refractivity contribution in [1.82, 2.24) is 0 Å². The monoisotopic (exact) mass is 237 g/mol. The van der Waals surface area contributed by atoms with Crippen LogP contribution in [0.15, 0.2) is 18.2 Å². The fourth-order valence-corrected chi connectivity index (χ4v) is 1.33. The van der Waals surface area contributed by atoms with E-state index >= 15 is 0 Å². The predicted octanol–water partition coefficient (Wildman–Crippen LogP) is 2.86. The molecule has 0 saturated heterocycles. The maximum atomic E-state index is 11.6. The van der Waals surface area contributed by atoms with Crippen LogP contribution in [-0.2, 0) is 4.74 Å². The average molecular weight is 237 g/mol. The van der Waals surface area contributed by atoms with Crippen molar-refractivity contribution in [2.45, 2.75) is 26.7 Å². The van der Waals surface area contributed by atoms with Gasteiger partial charge in [0.15, 0.2) is 0 Å². The molecule has 0 aliphatic heterocycles. The summed E-state index contributed by atoms with van der Waals surface area (Å²) in [7, 11) is 0. The molecule has 0 atom stereocenters. The quantitative estimate of drug-likeness (QED) is 0.341. The van der Waals surface area contributed by atoms with Gasteiger partial charge in [-0.3, -0.25) is 10.1 Å². The van der Waals surface area contributed by atoms with Crippen LogP contribution in [0, 0.1) is 17.0 Å². The van der Waals surface area contributed by atoms with Crippen LogP contribution in [0.4, 0.5) is 5.69 Å².